The van der Waals surface area contributed by atoms with Gasteiger partial charge in [-0.2, -0.15) is 0 Å². The molecule has 2 aliphatic rings. The second-order valence-electron chi connectivity index (χ2n) is 14.6. The molecule has 2 saturated carbocycles. The minimum Gasteiger partial charge on any atom is -0.463 e. The average molecular weight is 870 g/mol. The number of ether oxygens (including phenoxy) is 5. The number of hydrogen-bond donors (Lipinski definition) is 0. The summed E-state index contributed by atoms with van der Waals surface area (Å²) in [5, 5.41) is 0. The zero-order valence-electron chi connectivity index (χ0n) is 41.4. The molecule has 0 atom stereocenters. The molecule has 6 rings (SSSR count). The number of esters is 1. The first-order valence-corrected chi connectivity index (χ1v) is 23.3. The van der Waals surface area contributed by atoms with Crippen molar-refractivity contribution >= 4 is 29.1 Å². The molecule has 2 fully saturated rings. The van der Waals surface area contributed by atoms with Gasteiger partial charge in [0.15, 0.2) is 0 Å². The number of carbonyl (C=O) groups is 2. The van der Waals surface area contributed by atoms with E-state index in [1.54, 1.807) is 14.2 Å². The Hall–Kier alpha value is -4.92. The van der Waals surface area contributed by atoms with Crippen LogP contribution in [0.15, 0.2) is 127 Å². The van der Waals surface area contributed by atoms with E-state index in [0.717, 1.165) is 57.9 Å². The summed E-state index contributed by atoms with van der Waals surface area (Å²) < 4.78 is 25.9. The molecular formula is C55H83NO7. The highest BCUT2D eigenvalue weighted by molar-refractivity contribution is 5.80. The molecule has 0 spiro atoms. The van der Waals surface area contributed by atoms with Gasteiger partial charge in [0, 0.05) is 39.1 Å². The largest absolute Gasteiger partial charge is 0.508 e. The van der Waals surface area contributed by atoms with Crippen LogP contribution in [-0.4, -0.2) is 63.4 Å². The predicted molar refractivity (Wildman–Crippen MR) is 266 cm³/mol. The van der Waals surface area contributed by atoms with Gasteiger partial charge >= 0.3 is 12.1 Å². The highest BCUT2D eigenvalue weighted by atomic mass is 16.7. The van der Waals surface area contributed by atoms with Crippen molar-refractivity contribution in [1.82, 2.24) is 0 Å². The van der Waals surface area contributed by atoms with Crippen LogP contribution in [0.2, 0.25) is 0 Å². The Morgan fingerprint density at radius 1 is 0.556 bits per heavy atom. The first-order chi connectivity index (χ1) is 30.6. The number of anilines is 2. The fourth-order valence-corrected chi connectivity index (χ4v) is 7.25. The lowest BCUT2D eigenvalue weighted by Gasteiger charge is -2.46. The van der Waals surface area contributed by atoms with E-state index in [-0.39, 0.29) is 29.4 Å². The molecule has 4 aromatic carbocycles. The molecule has 8 nitrogen and oxygen atoms in total. The van der Waals surface area contributed by atoms with Crippen LogP contribution in [0.3, 0.4) is 0 Å². The average Bonchev–Trinajstić information content (AvgIpc) is 3.33. The number of hydrogen-bond acceptors (Lipinski definition) is 8. The molecule has 63 heavy (non-hydrogen) atoms. The molecule has 0 heterocycles. The minimum atomic E-state index is -0.611. The normalized spacial score (nSPS) is 19.2. The molecule has 0 unspecified atom stereocenters. The standard InChI is InChI=1S/C27H23N.C18H30O6.C2H6O.4C2H6/c1-5-13-23(14-6-1)27(24-15-7-2-8-16-24)21-22-28(25-17-9-3-10-18-25)26-19-11-4-12-20-26;1-13(19)22-14-5-9-17(2,10-6-14)24-18(3)11-7-15(8-12-18)23-16(20)21-4;1-3-2;4*1-2/h1-21H,22H2;14-15H,5-12H2,1-4H3;1-2H3;4*1-2H3. The SMILES string of the molecule is C(CN(c1ccccc1)c1ccccc1)=C(c1ccccc1)c1ccccc1.CC.CC.CC.CC.COC.COC(=O)OC1CCC(C)(OC2(C)CCC(OC(C)=O)CC2)CC1. The maximum absolute atomic E-state index is 11.2. The van der Waals surface area contributed by atoms with Crippen molar-refractivity contribution in [3.05, 3.63) is 139 Å². The van der Waals surface area contributed by atoms with E-state index in [0.29, 0.717) is 0 Å². The molecule has 0 aliphatic heterocycles. The van der Waals surface area contributed by atoms with Crippen LogP contribution >= 0.6 is 0 Å². The molecular weight excluding hydrogens is 787 g/mol. The van der Waals surface area contributed by atoms with E-state index in [4.69, 9.17) is 14.2 Å². The second-order valence-corrected chi connectivity index (χ2v) is 14.6. The van der Waals surface area contributed by atoms with Crippen molar-refractivity contribution in [3.8, 4) is 0 Å². The molecule has 0 N–H and O–H groups in total. The van der Waals surface area contributed by atoms with E-state index >= 15 is 0 Å². The van der Waals surface area contributed by atoms with Crippen LogP contribution in [0.1, 0.15) is 139 Å². The van der Waals surface area contributed by atoms with Crippen molar-refractivity contribution in [2.75, 3.05) is 32.8 Å². The smallest absolute Gasteiger partial charge is 0.463 e. The van der Waals surface area contributed by atoms with E-state index in [1.165, 1.54) is 42.1 Å². The molecule has 0 amide bonds. The fourth-order valence-electron chi connectivity index (χ4n) is 7.25. The summed E-state index contributed by atoms with van der Waals surface area (Å²) in [6, 6.07) is 42.3. The highest BCUT2D eigenvalue weighted by Gasteiger charge is 2.42. The van der Waals surface area contributed by atoms with E-state index < -0.39 is 6.16 Å². The third-order valence-corrected chi connectivity index (χ3v) is 10.0. The van der Waals surface area contributed by atoms with E-state index in [2.05, 4.69) is 156 Å². The molecule has 0 saturated heterocycles. The summed E-state index contributed by atoms with van der Waals surface area (Å²) in [5.74, 6) is -0.208. The third-order valence-electron chi connectivity index (χ3n) is 10.0. The van der Waals surface area contributed by atoms with Gasteiger partial charge < -0.3 is 28.6 Å². The van der Waals surface area contributed by atoms with Crippen LogP contribution in [0.4, 0.5) is 16.2 Å². The Morgan fingerprint density at radius 3 is 1.19 bits per heavy atom. The fraction of sp³-hybridized carbons (Fsp3) is 0.491. The van der Waals surface area contributed by atoms with Crippen molar-refractivity contribution in [2.45, 2.75) is 151 Å². The van der Waals surface area contributed by atoms with Gasteiger partial charge in [-0.3, -0.25) is 4.79 Å². The zero-order valence-corrected chi connectivity index (χ0v) is 41.4. The van der Waals surface area contributed by atoms with Crippen LogP contribution in [0.5, 0.6) is 0 Å². The van der Waals surface area contributed by atoms with Gasteiger partial charge in [0.2, 0.25) is 0 Å². The zero-order chi connectivity index (χ0) is 47.5. The third kappa shape index (κ3) is 22.3. The Morgan fingerprint density at radius 2 is 0.873 bits per heavy atom. The summed E-state index contributed by atoms with van der Waals surface area (Å²) in [5.41, 5.74) is 5.71. The van der Waals surface area contributed by atoms with Crippen LogP contribution < -0.4 is 4.90 Å². The summed E-state index contributed by atoms with van der Waals surface area (Å²) in [7, 11) is 4.57. The van der Waals surface area contributed by atoms with Gasteiger partial charge in [0.25, 0.3) is 0 Å². The topological polar surface area (TPSA) is 83.5 Å². The highest BCUT2D eigenvalue weighted by Crippen LogP contribution is 2.41. The molecule has 4 aromatic rings. The van der Waals surface area contributed by atoms with Gasteiger partial charge in [0.1, 0.15) is 12.2 Å². The number of para-hydroxylation sites is 2. The van der Waals surface area contributed by atoms with Crippen LogP contribution in [0.25, 0.3) is 5.57 Å². The monoisotopic (exact) mass is 870 g/mol. The summed E-state index contributed by atoms with van der Waals surface area (Å²) >= 11 is 0. The molecule has 0 radical (unpaired) electrons. The Kier molecular flexibility index (Phi) is 31.9. The summed E-state index contributed by atoms with van der Waals surface area (Å²) in [4.78, 5) is 24.6. The number of rotatable bonds is 10. The first-order valence-electron chi connectivity index (χ1n) is 23.3. The van der Waals surface area contributed by atoms with Gasteiger partial charge in [-0.05, 0) is 106 Å². The van der Waals surface area contributed by atoms with Gasteiger partial charge in [-0.1, -0.05) is 159 Å². The number of carbonyl (C=O) groups excluding carboxylic acids is 2. The molecule has 350 valence electrons. The van der Waals surface area contributed by atoms with E-state index in [1.807, 2.05) is 55.4 Å². The van der Waals surface area contributed by atoms with E-state index in [9.17, 15) is 9.59 Å². The van der Waals surface area contributed by atoms with Crippen LogP contribution in [0, 0.1) is 0 Å². The summed E-state index contributed by atoms with van der Waals surface area (Å²) in [6.45, 7) is 22.5. The first kappa shape index (κ1) is 58.1. The lowest BCUT2D eigenvalue weighted by Crippen LogP contribution is -2.47. The Balaban J connectivity index is 0.00000101. The lowest BCUT2D eigenvalue weighted by molar-refractivity contribution is -0.187. The molecule has 0 aromatic heterocycles. The number of nitrogens with zero attached hydrogens (tertiary/aromatic N) is 1. The Bertz CT molecular complexity index is 1640. The number of methoxy groups -OCH3 is 2. The molecule has 2 aliphatic carbocycles. The number of benzene rings is 4. The molecule has 0 bridgehead atoms. The molecule has 8 heteroatoms. The summed E-state index contributed by atoms with van der Waals surface area (Å²) in [6.07, 6.45) is 8.43. The lowest BCUT2D eigenvalue weighted by atomic mass is 9.80. The predicted octanol–water partition coefficient (Wildman–Crippen LogP) is 15.1. The second kappa shape index (κ2) is 34.6. The van der Waals surface area contributed by atoms with Crippen molar-refractivity contribution in [3.63, 3.8) is 0 Å². The van der Waals surface area contributed by atoms with Crippen LogP contribution in [-0.2, 0) is 28.5 Å². The quantitative estimate of drug-likeness (QED) is 0.146. The Labute approximate surface area is 383 Å². The maximum Gasteiger partial charge on any atom is 0.508 e. The van der Waals surface area contributed by atoms with Gasteiger partial charge in [0.05, 0.1) is 18.3 Å². The van der Waals surface area contributed by atoms with Gasteiger partial charge in [-0.25, -0.2) is 4.79 Å². The maximum atomic E-state index is 11.2. The van der Waals surface area contributed by atoms with Crippen molar-refractivity contribution in [2.24, 2.45) is 0 Å². The van der Waals surface area contributed by atoms with Gasteiger partial charge in [-0.15, -0.1) is 0 Å². The van der Waals surface area contributed by atoms with Crippen molar-refractivity contribution < 1.29 is 33.3 Å². The van der Waals surface area contributed by atoms with Crippen molar-refractivity contribution in [1.29, 1.82) is 0 Å². The minimum absolute atomic E-state index is 0.0242.